The van der Waals surface area contributed by atoms with Gasteiger partial charge in [0.1, 0.15) is 0 Å². The van der Waals surface area contributed by atoms with Crippen LogP contribution in [0.5, 0.6) is 0 Å². The van der Waals surface area contributed by atoms with Gasteiger partial charge in [-0.25, -0.2) is 0 Å². The molecule has 1 unspecified atom stereocenters. The first-order valence-corrected chi connectivity index (χ1v) is 24.9. The van der Waals surface area contributed by atoms with Gasteiger partial charge in [0.05, 0.1) is 0 Å². The molecule has 0 saturated heterocycles. The van der Waals surface area contributed by atoms with Crippen LogP contribution in [0.15, 0.2) is 0 Å². The average molecular weight is 558 g/mol. The fourth-order valence-electron chi connectivity index (χ4n) is 6.41. The average Bonchev–Trinajstić information content (AvgIpc) is 2.74. The summed E-state index contributed by atoms with van der Waals surface area (Å²) in [5, 5.41) is 0. The molecule has 3 saturated carbocycles. The van der Waals surface area contributed by atoms with Crippen molar-refractivity contribution in [3.63, 3.8) is 0 Å². The van der Waals surface area contributed by atoms with Crippen LogP contribution in [0, 0.1) is 0 Å². The summed E-state index contributed by atoms with van der Waals surface area (Å²) in [6.07, 6.45) is 22.3. The first kappa shape index (κ1) is 23.7. The van der Waals surface area contributed by atoms with Gasteiger partial charge in [-0.15, -0.1) is 0 Å². The fraction of sp³-hybridized carbons (Fsp3) is 1.00. The molecule has 158 valence electrons. The van der Waals surface area contributed by atoms with E-state index in [0.717, 1.165) is 18.4 Å². The molecule has 3 aliphatic carbocycles. The molecule has 0 spiro atoms. The molecule has 0 bridgehead atoms. The number of hydrogen-bond donors (Lipinski definition) is 0. The molecular weight excluding hydrogens is 518 g/mol. The third-order valence-electron chi connectivity index (χ3n) is 7.50. The van der Waals surface area contributed by atoms with Gasteiger partial charge >= 0.3 is 186 Å². The van der Waals surface area contributed by atoms with Gasteiger partial charge < -0.3 is 0 Å². The van der Waals surface area contributed by atoms with Crippen LogP contribution in [0.1, 0.15) is 103 Å². The molecule has 0 aromatic heterocycles. The van der Waals surface area contributed by atoms with E-state index in [1.807, 2.05) is 0 Å². The van der Waals surface area contributed by atoms with Crippen LogP contribution in [0.2, 0.25) is 11.8 Å². The normalized spacial score (nSPS) is 26.7. The standard InChI is InChI=1S/3C6H11.C3H8ClOPS2.Sn/c3*1-2-4-6-5-3-1;1-2-5-6(7,8)3-4;/h3*1H,2-6H2;2-3H2,1H3,(H,7,8);/q;;;;+1/p-1. The van der Waals surface area contributed by atoms with Gasteiger partial charge in [-0.2, -0.15) is 0 Å². The number of hydrogen-bond acceptors (Lipinski definition) is 3. The molecule has 0 aliphatic heterocycles. The van der Waals surface area contributed by atoms with E-state index in [2.05, 4.69) is 15.5 Å². The first-order chi connectivity index (χ1) is 13.1. The minimum atomic E-state index is -2.65. The van der Waals surface area contributed by atoms with Crippen molar-refractivity contribution < 1.29 is 4.52 Å². The van der Waals surface area contributed by atoms with E-state index in [1.165, 1.54) is 96.3 Å². The Bertz CT molecular complexity index is 443. The van der Waals surface area contributed by atoms with E-state index in [0.29, 0.717) is 5.62 Å². The molecule has 0 N–H and O–H groups in total. The summed E-state index contributed by atoms with van der Waals surface area (Å²) in [6, 6.07) is 0. The molecule has 0 aromatic carbocycles. The van der Waals surface area contributed by atoms with Crippen LogP contribution in [0.25, 0.3) is 0 Å². The summed E-state index contributed by atoms with van der Waals surface area (Å²) in [5.74, 6) is 0. The van der Waals surface area contributed by atoms with Crippen molar-refractivity contribution in [2.75, 3.05) is 12.2 Å². The monoisotopic (exact) mass is 558 g/mol. The molecule has 1 atom stereocenters. The van der Waals surface area contributed by atoms with Gasteiger partial charge in [0.25, 0.3) is 0 Å². The van der Waals surface area contributed by atoms with Crippen molar-refractivity contribution in [3.8, 4) is 0 Å². The van der Waals surface area contributed by atoms with Gasteiger partial charge in [-0.1, -0.05) is 0 Å². The zero-order chi connectivity index (χ0) is 19.2. The van der Waals surface area contributed by atoms with Crippen molar-refractivity contribution in [1.29, 1.82) is 0 Å². The molecular formula is C21H40ClOPS2Sn. The zero-order valence-corrected chi connectivity index (χ0v) is 23.4. The van der Waals surface area contributed by atoms with E-state index in [4.69, 9.17) is 27.9 Å². The van der Waals surface area contributed by atoms with Crippen molar-refractivity contribution in [2.24, 2.45) is 0 Å². The fourth-order valence-corrected chi connectivity index (χ4v) is 70.7. The second-order valence-electron chi connectivity index (χ2n) is 9.10. The van der Waals surface area contributed by atoms with Gasteiger partial charge in [0, 0.05) is 0 Å². The van der Waals surface area contributed by atoms with E-state index in [1.54, 1.807) is 0 Å². The molecule has 3 rings (SSSR count). The van der Waals surface area contributed by atoms with E-state index in [-0.39, 0.29) is 0 Å². The summed E-state index contributed by atoms with van der Waals surface area (Å²) in [6.45, 7) is 2.87. The number of halogens is 1. The van der Waals surface area contributed by atoms with E-state index in [9.17, 15) is 0 Å². The topological polar surface area (TPSA) is 9.23 Å². The number of rotatable bonds is 8. The SMILES string of the molecule is CCOP(=S)(CCl)[S][Sn]([CH]1CCCCC1)([CH]1CCCCC1)[CH]1CCCCC1. The van der Waals surface area contributed by atoms with Crippen LogP contribution in [-0.4, -0.2) is 29.2 Å². The van der Waals surface area contributed by atoms with Crippen LogP contribution in [-0.2, 0) is 16.3 Å². The Hall–Kier alpha value is 2.05. The predicted molar refractivity (Wildman–Crippen MR) is 130 cm³/mol. The minimum absolute atomic E-state index is 0.589. The van der Waals surface area contributed by atoms with Crippen LogP contribution in [0.4, 0.5) is 0 Å². The van der Waals surface area contributed by atoms with Crippen molar-refractivity contribution in [1.82, 2.24) is 0 Å². The molecule has 0 aromatic rings. The van der Waals surface area contributed by atoms with Crippen LogP contribution < -0.4 is 0 Å². The second kappa shape index (κ2) is 11.6. The van der Waals surface area contributed by atoms with E-state index < -0.39 is 22.5 Å². The molecule has 0 radical (unpaired) electrons. The summed E-state index contributed by atoms with van der Waals surface area (Å²) in [7, 11) is 2.37. The first-order valence-electron chi connectivity index (χ1n) is 11.6. The van der Waals surface area contributed by atoms with Gasteiger partial charge in [-0.05, 0) is 0 Å². The summed E-state index contributed by atoms with van der Waals surface area (Å²) < 4.78 is 9.47. The summed E-state index contributed by atoms with van der Waals surface area (Å²) in [5.41, 5.74) is -1.32. The van der Waals surface area contributed by atoms with Crippen molar-refractivity contribution in [3.05, 3.63) is 0 Å². The van der Waals surface area contributed by atoms with E-state index >= 15 is 0 Å². The molecule has 0 amide bonds. The molecule has 1 nitrogen and oxygen atoms in total. The molecule has 3 fully saturated rings. The van der Waals surface area contributed by atoms with Gasteiger partial charge in [0.15, 0.2) is 0 Å². The Kier molecular flexibility index (Phi) is 10.2. The molecule has 3 aliphatic rings. The Labute approximate surface area is 185 Å². The third kappa shape index (κ3) is 5.85. The Morgan fingerprint density at radius 2 is 1.19 bits per heavy atom. The van der Waals surface area contributed by atoms with Gasteiger partial charge in [-0.3, -0.25) is 0 Å². The Balaban J connectivity index is 2.00. The number of alkyl halides is 1. The third-order valence-corrected chi connectivity index (χ3v) is 56.4. The molecule has 27 heavy (non-hydrogen) atoms. The maximum atomic E-state index is 6.54. The maximum absolute atomic E-state index is 6.54. The predicted octanol–water partition coefficient (Wildman–Crippen LogP) is 9.21. The molecule has 0 heterocycles. The summed E-state index contributed by atoms with van der Waals surface area (Å²) >= 11 is 10.1. The summed E-state index contributed by atoms with van der Waals surface area (Å²) in [4.78, 5) is 0. The second-order valence-corrected chi connectivity index (χ2v) is 37.8. The Morgan fingerprint density at radius 1 is 0.815 bits per heavy atom. The van der Waals surface area contributed by atoms with Gasteiger partial charge in [0.2, 0.25) is 0 Å². The van der Waals surface area contributed by atoms with Crippen LogP contribution >= 0.6 is 25.6 Å². The van der Waals surface area contributed by atoms with Crippen molar-refractivity contribution >= 4 is 54.4 Å². The quantitative estimate of drug-likeness (QED) is 0.167. The van der Waals surface area contributed by atoms with Crippen molar-refractivity contribution in [2.45, 2.75) is 115 Å². The Morgan fingerprint density at radius 3 is 1.48 bits per heavy atom. The van der Waals surface area contributed by atoms with Crippen LogP contribution in [0.3, 0.4) is 0 Å². The zero-order valence-electron chi connectivity index (χ0n) is 17.3. The molecule has 6 heteroatoms.